The van der Waals surface area contributed by atoms with E-state index in [0.717, 1.165) is 38.5 Å². The van der Waals surface area contributed by atoms with Gasteiger partial charge < -0.3 is 20.6 Å². The van der Waals surface area contributed by atoms with Crippen molar-refractivity contribution in [1.82, 2.24) is 5.32 Å². The maximum atomic E-state index is 12.5. The molecular formula is C59H117NO4. The summed E-state index contributed by atoms with van der Waals surface area (Å²) in [5, 5.41) is 33.6. The Balaban J connectivity index is 3.39. The van der Waals surface area contributed by atoms with Gasteiger partial charge in [0.1, 0.15) is 6.10 Å². The second-order valence-electron chi connectivity index (χ2n) is 20.6. The molecule has 1 amide bonds. The normalized spacial score (nSPS) is 13.3. The van der Waals surface area contributed by atoms with Gasteiger partial charge in [-0.15, -0.1) is 0 Å². The van der Waals surface area contributed by atoms with Gasteiger partial charge in [-0.05, 0) is 38.5 Å². The van der Waals surface area contributed by atoms with Gasteiger partial charge in [-0.1, -0.05) is 302 Å². The smallest absolute Gasteiger partial charge is 0.220 e. The van der Waals surface area contributed by atoms with Crippen molar-refractivity contribution in [3.8, 4) is 0 Å². The minimum absolute atomic E-state index is 0.140. The molecule has 0 saturated heterocycles. The fourth-order valence-electron chi connectivity index (χ4n) is 9.57. The molecule has 64 heavy (non-hydrogen) atoms. The van der Waals surface area contributed by atoms with Gasteiger partial charge in [0, 0.05) is 6.42 Å². The Kier molecular flexibility index (Phi) is 53.9. The van der Waals surface area contributed by atoms with Gasteiger partial charge in [0.15, 0.2) is 0 Å². The highest BCUT2D eigenvalue weighted by molar-refractivity contribution is 5.76. The average molecular weight is 905 g/mol. The first-order valence-corrected chi connectivity index (χ1v) is 29.5. The van der Waals surface area contributed by atoms with Crippen LogP contribution in [0.2, 0.25) is 0 Å². The van der Waals surface area contributed by atoms with E-state index in [1.54, 1.807) is 0 Å². The zero-order valence-corrected chi connectivity index (χ0v) is 43.7. The minimum Gasteiger partial charge on any atom is -0.394 e. The van der Waals surface area contributed by atoms with Crippen LogP contribution in [0.4, 0.5) is 0 Å². The summed E-state index contributed by atoms with van der Waals surface area (Å²) in [5.74, 6) is -0.140. The number of aliphatic hydroxyl groups is 3. The monoisotopic (exact) mass is 904 g/mol. The molecule has 0 bridgehead atoms. The lowest BCUT2D eigenvalue weighted by Gasteiger charge is -2.26. The first-order chi connectivity index (χ1) is 31.6. The van der Waals surface area contributed by atoms with Crippen LogP contribution in [0, 0.1) is 0 Å². The molecule has 0 aromatic heterocycles. The van der Waals surface area contributed by atoms with E-state index in [9.17, 15) is 20.1 Å². The lowest BCUT2D eigenvalue weighted by atomic mass is 9.99. The third-order valence-corrected chi connectivity index (χ3v) is 14.1. The lowest BCUT2D eigenvalue weighted by molar-refractivity contribution is -0.124. The van der Waals surface area contributed by atoms with Crippen molar-refractivity contribution in [2.24, 2.45) is 0 Å². The predicted octanol–water partition coefficient (Wildman–Crippen LogP) is 18.3. The molecule has 3 unspecified atom stereocenters. The molecule has 0 spiro atoms. The predicted molar refractivity (Wildman–Crippen MR) is 282 cm³/mol. The Morgan fingerprint density at radius 3 is 0.906 bits per heavy atom. The second kappa shape index (κ2) is 54.7. The number of hydrogen-bond acceptors (Lipinski definition) is 4. The number of unbranched alkanes of at least 4 members (excludes halogenated alkanes) is 45. The highest BCUT2D eigenvalue weighted by atomic mass is 16.3. The van der Waals surface area contributed by atoms with Crippen LogP contribution in [0.25, 0.3) is 0 Å². The highest BCUT2D eigenvalue weighted by Crippen LogP contribution is 2.18. The van der Waals surface area contributed by atoms with Crippen molar-refractivity contribution in [1.29, 1.82) is 0 Å². The number of aliphatic hydroxyl groups excluding tert-OH is 3. The Labute approximate surface area is 401 Å². The maximum Gasteiger partial charge on any atom is 0.220 e. The number of carbonyl (C=O) groups excluding carboxylic acids is 1. The summed E-state index contributed by atoms with van der Waals surface area (Å²) >= 11 is 0. The molecule has 0 saturated carbocycles. The van der Waals surface area contributed by atoms with Crippen LogP contribution >= 0.6 is 0 Å². The van der Waals surface area contributed by atoms with Gasteiger partial charge in [-0.2, -0.15) is 0 Å². The Bertz CT molecular complexity index is 909. The summed E-state index contributed by atoms with van der Waals surface area (Å²) in [6, 6.07) is -0.805. The summed E-state index contributed by atoms with van der Waals surface area (Å²) in [4.78, 5) is 12.5. The van der Waals surface area contributed by atoms with E-state index in [2.05, 4.69) is 31.3 Å². The summed E-state index contributed by atoms with van der Waals surface area (Å²) in [6.07, 6.45) is 68.4. The highest BCUT2D eigenvalue weighted by Gasteiger charge is 2.26. The minimum atomic E-state index is -1.13. The van der Waals surface area contributed by atoms with Gasteiger partial charge in [0.25, 0.3) is 0 Å². The van der Waals surface area contributed by atoms with Crippen molar-refractivity contribution in [2.45, 2.75) is 353 Å². The van der Waals surface area contributed by atoms with E-state index in [0.29, 0.717) is 12.8 Å². The molecule has 0 aromatic rings. The third-order valence-electron chi connectivity index (χ3n) is 14.1. The molecule has 0 aliphatic heterocycles. The SMILES string of the molecule is CCCCCCCCCCCCCCCCCCCC/C=C\CCCCCCCCCCCCCCCCCCCC(=O)NC(CO)C(O)C(O)CCCCCCCCCCCCC. The molecule has 5 heteroatoms. The van der Waals surface area contributed by atoms with Gasteiger partial charge in [-0.3, -0.25) is 4.79 Å². The molecule has 4 N–H and O–H groups in total. The summed E-state index contributed by atoms with van der Waals surface area (Å²) in [6.45, 7) is 4.20. The average Bonchev–Trinajstić information content (AvgIpc) is 3.30. The number of rotatable bonds is 55. The van der Waals surface area contributed by atoms with Crippen LogP contribution in [-0.4, -0.2) is 46.1 Å². The van der Waals surface area contributed by atoms with Crippen molar-refractivity contribution < 1.29 is 20.1 Å². The standard InChI is InChI=1S/C59H117NO4/c1-3-5-7-9-11-13-15-16-17-18-19-20-21-22-23-24-25-26-27-28-29-30-31-32-33-34-35-36-37-38-39-40-41-42-44-46-48-50-52-54-58(63)60-56(55-61)59(64)57(62)53-51-49-47-45-43-14-12-10-8-6-4-2/h28-29,56-57,59,61-62,64H,3-27,30-55H2,1-2H3,(H,60,63)/b29-28-. The largest absolute Gasteiger partial charge is 0.394 e. The number of allylic oxidation sites excluding steroid dienone is 2. The quantitative estimate of drug-likeness (QED) is 0.0362. The maximum absolute atomic E-state index is 12.5. The number of carbonyl (C=O) groups is 1. The van der Waals surface area contributed by atoms with Crippen molar-refractivity contribution >= 4 is 5.91 Å². The van der Waals surface area contributed by atoms with Crippen LogP contribution in [0.3, 0.4) is 0 Å². The Morgan fingerprint density at radius 2 is 0.625 bits per heavy atom. The molecule has 0 fully saturated rings. The van der Waals surface area contributed by atoms with Crippen LogP contribution < -0.4 is 5.32 Å². The van der Waals surface area contributed by atoms with Crippen LogP contribution in [0.5, 0.6) is 0 Å². The first kappa shape index (κ1) is 63.1. The number of amides is 1. The van der Waals surface area contributed by atoms with Crippen LogP contribution in [0.1, 0.15) is 335 Å². The van der Waals surface area contributed by atoms with E-state index in [-0.39, 0.29) is 12.5 Å². The topological polar surface area (TPSA) is 89.8 Å². The van der Waals surface area contributed by atoms with Gasteiger partial charge in [0.05, 0.1) is 18.8 Å². The molecule has 382 valence electrons. The zero-order chi connectivity index (χ0) is 46.5. The molecule has 0 aromatic carbocycles. The van der Waals surface area contributed by atoms with E-state index in [1.165, 1.54) is 270 Å². The van der Waals surface area contributed by atoms with Gasteiger partial charge >= 0.3 is 0 Å². The van der Waals surface area contributed by atoms with E-state index < -0.39 is 18.2 Å². The summed E-state index contributed by atoms with van der Waals surface area (Å²) in [5.41, 5.74) is 0. The lowest BCUT2D eigenvalue weighted by Crippen LogP contribution is -2.50. The van der Waals surface area contributed by atoms with Gasteiger partial charge in [0.2, 0.25) is 5.91 Å². The molecule has 3 atom stereocenters. The van der Waals surface area contributed by atoms with E-state index >= 15 is 0 Å². The van der Waals surface area contributed by atoms with E-state index in [4.69, 9.17) is 0 Å². The fraction of sp³-hybridized carbons (Fsp3) is 0.949. The van der Waals surface area contributed by atoms with Crippen molar-refractivity contribution in [3.05, 3.63) is 12.2 Å². The Morgan fingerprint density at radius 1 is 0.375 bits per heavy atom. The molecule has 0 rings (SSSR count). The first-order valence-electron chi connectivity index (χ1n) is 29.5. The molecule has 0 aliphatic rings. The van der Waals surface area contributed by atoms with Crippen molar-refractivity contribution in [3.63, 3.8) is 0 Å². The molecule has 0 radical (unpaired) electrons. The molecule has 5 nitrogen and oxygen atoms in total. The fourth-order valence-corrected chi connectivity index (χ4v) is 9.57. The third kappa shape index (κ3) is 49.0. The van der Waals surface area contributed by atoms with E-state index in [1.807, 2.05) is 0 Å². The number of hydrogen-bond donors (Lipinski definition) is 4. The Hall–Kier alpha value is -0.910. The summed E-state index contributed by atoms with van der Waals surface area (Å²) in [7, 11) is 0. The number of nitrogens with one attached hydrogen (secondary N) is 1. The molecule has 0 aliphatic carbocycles. The zero-order valence-electron chi connectivity index (χ0n) is 43.7. The van der Waals surface area contributed by atoms with Crippen molar-refractivity contribution in [2.75, 3.05) is 6.61 Å². The van der Waals surface area contributed by atoms with Crippen LogP contribution in [-0.2, 0) is 4.79 Å². The van der Waals surface area contributed by atoms with Gasteiger partial charge in [-0.25, -0.2) is 0 Å². The second-order valence-corrected chi connectivity index (χ2v) is 20.6. The molecule has 0 heterocycles. The summed E-state index contributed by atoms with van der Waals surface area (Å²) < 4.78 is 0. The van der Waals surface area contributed by atoms with Crippen LogP contribution in [0.15, 0.2) is 12.2 Å². The molecular weight excluding hydrogens is 787 g/mol.